The van der Waals surface area contributed by atoms with Gasteiger partial charge in [-0.25, -0.2) is 0 Å². The fourth-order valence-electron chi connectivity index (χ4n) is 2.95. The summed E-state index contributed by atoms with van der Waals surface area (Å²) in [5.74, 6) is 0. The fourth-order valence-corrected chi connectivity index (χ4v) is 14.1. The van der Waals surface area contributed by atoms with E-state index in [-0.39, 0.29) is 0 Å². The van der Waals surface area contributed by atoms with Gasteiger partial charge in [0.05, 0.1) is 0 Å². The molecule has 0 spiro atoms. The molecule has 0 amide bonds. The minimum atomic E-state index is -1.22. The summed E-state index contributed by atoms with van der Waals surface area (Å²) >= 11 is 0. The van der Waals surface area contributed by atoms with Crippen molar-refractivity contribution in [3.8, 4) is 0 Å². The summed E-state index contributed by atoms with van der Waals surface area (Å²) in [7, 11) is -2.29. The van der Waals surface area contributed by atoms with E-state index in [0.29, 0.717) is 10.1 Å². The maximum absolute atomic E-state index is 6.78. The summed E-state index contributed by atoms with van der Waals surface area (Å²) in [6, 6.07) is 0. The normalized spacial score (nSPS) is 14.5. The van der Waals surface area contributed by atoms with E-state index in [2.05, 4.69) is 69.2 Å². The molecule has 0 saturated carbocycles. The van der Waals surface area contributed by atoms with Gasteiger partial charge in [-0.15, -0.1) is 0 Å². The van der Waals surface area contributed by atoms with Gasteiger partial charge >= 0.3 is 0 Å². The highest BCUT2D eigenvalue weighted by Crippen LogP contribution is 2.44. The van der Waals surface area contributed by atoms with Crippen molar-refractivity contribution in [1.29, 1.82) is 0 Å². The second kappa shape index (κ2) is 6.02. The van der Waals surface area contributed by atoms with E-state index in [1.807, 2.05) is 0 Å². The zero-order valence-corrected chi connectivity index (χ0v) is 16.0. The molecule has 0 aliphatic carbocycles. The molecule has 0 fully saturated rings. The molecule has 0 saturated heterocycles. The van der Waals surface area contributed by atoms with E-state index in [1.165, 1.54) is 0 Å². The van der Waals surface area contributed by atoms with Crippen LogP contribution in [0, 0.1) is 0 Å². The van der Waals surface area contributed by atoms with Gasteiger partial charge < -0.3 is 4.12 Å². The van der Waals surface area contributed by atoms with Crippen molar-refractivity contribution in [2.75, 3.05) is 0 Å². The van der Waals surface area contributed by atoms with Gasteiger partial charge in [0.1, 0.15) is 0 Å². The van der Waals surface area contributed by atoms with Crippen LogP contribution in [0.5, 0.6) is 0 Å². The summed E-state index contributed by atoms with van der Waals surface area (Å²) in [4.78, 5) is 0. The Balaban J connectivity index is 4.99. The molecule has 104 valence electrons. The number of rotatable bonds is 4. The topological polar surface area (TPSA) is 9.23 Å². The largest absolute Gasteiger partial charge is 0.459 e. The van der Waals surface area contributed by atoms with E-state index in [4.69, 9.17) is 4.12 Å². The van der Waals surface area contributed by atoms with Gasteiger partial charge in [0.15, 0.2) is 18.1 Å². The van der Waals surface area contributed by atoms with Gasteiger partial charge in [-0.2, -0.15) is 0 Å². The smallest absolute Gasteiger partial charge is 0.173 e. The van der Waals surface area contributed by atoms with E-state index < -0.39 is 18.1 Å². The van der Waals surface area contributed by atoms with Gasteiger partial charge in [0.2, 0.25) is 0 Å². The van der Waals surface area contributed by atoms with Gasteiger partial charge in [-0.05, 0) is 21.2 Å². The van der Waals surface area contributed by atoms with Crippen molar-refractivity contribution in [3.63, 3.8) is 0 Å². The van der Waals surface area contributed by atoms with Crippen LogP contribution in [0.1, 0.15) is 69.2 Å². The standard InChI is InChI=1S/C14H34OSi2/c1-11(2)16(12(3)4)15-17(13(5,6)7)14(8,9)10/h11-12,16-17H,1-10H3. The molecule has 0 unspecified atom stereocenters. The zero-order valence-electron chi connectivity index (χ0n) is 13.7. The molecule has 1 nitrogen and oxygen atoms in total. The first-order valence-electron chi connectivity index (χ1n) is 7.02. The van der Waals surface area contributed by atoms with E-state index in [1.54, 1.807) is 0 Å². The van der Waals surface area contributed by atoms with Crippen molar-refractivity contribution in [1.82, 2.24) is 0 Å². The first-order chi connectivity index (χ1) is 7.37. The van der Waals surface area contributed by atoms with Crippen molar-refractivity contribution < 1.29 is 4.12 Å². The number of hydrogen-bond donors (Lipinski definition) is 0. The Hall–Kier alpha value is 0.394. The minimum Gasteiger partial charge on any atom is -0.459 e. The minimum absolute atomic E-state index is 0.354. The molecule has 0 aromatic carbocycles. The SMILES string of the molecule is CC(C)[SiH](O[SiH](C(C)(C)C)C(C)(C)C)C(C)C. The van der Waals surface area contributed by atoms with Gasteiger partial charge in [0.25, 0.3) is 0 Å². The second-order valence-corrected chi connectivity index (χ2v) is 17.1. The van der Waals surface area contributed by atoms with Crippen molar-refractivity contribution in [3.05, 3.63) is 0 Å². The quantitative estimate of drug-likeness (QED) is 0.665. The average Bonchev–Trinajstić information content (AvgIpc) is 1.96. The lowest BCUT2D eigenvalue weighted by Gasteiger charge is -2.42. The maximum atomic E-state index is 6.78. The Morgan fingerprint density at radius 2 is 1.00 bits per heavy atom. The van der Waals surface area contributed by atoms with Crippen LogP contribution in [-0.4, -0.2) is 18.1 Å². The Labute approximate surface area is 113 Å². The summed E-state index contributed by atoms with van der Waals surface area (Å²) in [6.45, 7) is 23.5. The lowest BCUT2D eigenvalue weighted by atomic mass is 10.2. The van der Waals surface area contributed by atoms with Crippen molar-refractivity contribution in [2.24, 2.45) is 0 Å². The summed E-state index contributed by atoms with van der Waals surface area (Å²) in [6.07, 6.45) is 0. The van der Waals surface area contributed by atoms with Crippen LogP contribution in [0.15, 0.2) is 0 Å². The van der Waals surface area contributed by atoms with Crippen LogP contribution in [-0.2, 0) is 4.12 Å². The lowest BCUT2D eigenvalue weighted by molar-refractivity contribution is 0.452. The zero-order chi connectivity index (χ0) is 14.0. The first kappa shape index (κ1) is 17.4. The molecule has 0 bridgehead atoms. The monoisotopic (exact) mass is 274 g/mol. The third-order valence-corrected chi connectivity index (χ3v) is 11.3. The Morgan fingerprint density at radius 3 is 1.18 bits per heavy atom. The molecule has 17 heavy (non-hydrogen) atoms. The Bertz CT molecular complexity index is 201. The van der Waals surface area contributed by atoms with Crippen LogP contribution >= 0.6 is 0 Å². The third-order valence-electron chi connectivity index (χ3n) is 3.18. The first-order valence-corrected chi connectivity index (χ1v) is 10.5. The van der Waals surface area contributed by atoms with E-state index in [0.717, 1.165) is 11.1 Å². The van der Waals surface area contributed by atoms with Crippen LogP contribution in [0.25, 0.3) is 0 Å². The maximum Gasteiger partial charge on any atom is 0.173 e. The van der Waals surface area contributed by atoms with Crippen LogP contribution < -0.4 is 0 Å². The molecule has 0 aromatic rings. The molecular formula is C14H34OSi2. The van der Waals surface area contributed by atoms with Gasteiger partial charge in [-0.3, -0.25) is 0 Å². The molecule has 0 aliphatic rings. The molecule has 0 N–H and O–H groups in total. The molecule has 0 heterocycles. The van der Waals surface area contributed by atoms with Gasteiger partial charge in [-0.1, -0.05) is 69.2 Å². The average molecular weight is 275 g/mol. The highest BCUT2D eigenvalue weighted by Gasteiger charge is 2.40. The van der Waals surface area contributed by atoms with E-state index >= 15 is 0 Å². The lowest BCUT2D eigenvalue weighted by Crippen LogP contribution is -2.44. The molecule has 0 aliphatic heterocycles. The Morgan fingerprint density at radius 1 is 0.706 bits per heavy atom. The molecule has 0 aromatic heterocycles. The predicted octanol–water partition coefficient (Wildman–Crippen LogP) is 4.87. The summed E-state index contributed by atoms with van der Waals surface area (Å²) in [5.41, 5.74) is 1.49. The van der Waals surface area contributed by atoms with Crippen molar-refractivity contribution >= 4 is 18.1 Å². The highest BCUT2D eigenvalue weighted by atomic mass is 28.4. The van der Waals surface area contributed by atoms with E-state index in [9.17, 15) is 0 Å². The van der Waals surface area contributed by atoms with Crippen molar-refractivity contribution in [2.45, 2.75) is 90.4 Å². The molecule has 0 atom stereocenters. The Kier molecular flexibility index (Phi) is 6.16. The fraction of sp³-hybridized carbons (Fsp3) is 1.00. The van der Waals surface area contributed by atoms with Crippen LogP contribution in [0.4, 0.5) is 0 Å². The summed E-state index contributed by atoms with van der Waals surface area (Å²) < 4.78 is 6.78. The highest BCUT2D eigenvalue weighted by molar-refractivity contribution is 6.70. The van der Waals surface area contributed by atoms with Crippen LogP contribution in [0.2, 0.25) is 21.2 Å². The molecule has 0 radical (unpaired) electrons. The molecular weight excluding hydrogens is 240 g/mol. The molecule has 3 heteroatoms. The third kappa shape index (κ3) is 5.71. The second-order valence-electron chi connectivity index (χ2n) is 8.20. The molecule has 0 rings (SSSR count). The van der Waals surface area contributed by atoms with Gasteiger partial charge in [0, 0.05) is 0 Å². The summed E-state index contributed by atoms with van der Waals surface area (Å²) in [5, 5.41) is 0.709. The predicted molar refractivity (Wildman–Crippen MR) is 85.0 cm³/mol. The van der Waals surface area contributed by atoms with Crippen LogP contribution in [0.3, 0.4) is 0 Å². The number of hydrogen-bond acceptors (Lipinski definition) is 1.